The molecule has 1 amide bonds. The molecule has 0 heterocycles. The summed E-state index contributed by atoms with van der Waals surface area (Å²) >= 11 is 0. The van der Waals surface area contributed by atoms with Crippen molar-refractivity contribution >= 4 is 17.3 Å². The van der Waals surface area contributed by atoms with Gasteiger partial charge in [0.05, 0.1) is 11.7 Å². The standard InChI is InChI=1S/C9H11F2N3O/c1-4(12)9(15)14-8-6(13)3-2-5(10)7(8)11/h2-4H,12-13H2,1H3,(H,14,15). The minimum Gasteiger partial charge on any atom is -0.397 e. The SMILES string of the molecule is CC(N)C(=O)Nc1c(N)ccc(F)c1F. The van der Waals surface area contributed by atoms with Gasteiger partial charge >= 0.3 is 0 Å². The van der Waals surface area contributed by atoms with Gasteiger partial charge in [0.2, 0.25) is 5.91 Å². The van der Waals surface area contributed by atoms with Gasteiger partial charge in [0.1, 0.15) is 5.69 Å². The summed E-state index contributed by atoms with van der Waals surface area (Å²) in [5.41, 5.74) is 10.2. The van der Waals surface area contributed by atoms with Gasteiger partial charge in [-0.15, -0.1) is 0 Å². The number of anilines is 2. The molecule has 15 heavy (non-hydrogen) atoms. The van der Waals surface area contributed by atoms with E-state index in [0.29, 0.717) is 0 Å². The molecule has 0 saturated carbocycles. The van der Waals surface area contributed by atoms with Crippen molar-refractivity contribution in [2.24, 2.45) is 5.73 Å². The number of hydrogen-bond acceptors (Lipinski definition) is 3. The van der Waals surface area contributed by atoms with Gasteiger partial charge < -0.3 is 16.8 Å². The van der Waals surface area contributed by atoms with Gasteiger partial charge in [0.15, 0.2) is 11.6 Å². The second-order valence-corrected chi connectivity index (χ2v) is 3.10. The maximum absolute atomic E-state index is 13.2. The lowest BCUT2D eigenvalue weighted by Crippen LogP contribution is -2.33. The van der Waals surface area contributed by atoms with E-state index in [4.69, 9.17) is 11.5 Å². The van der Waals surface area contributed by atoms with Crippen LogP contribution in [0.4, 0.5) is 20.2 Å². The van der Waals surface area contributed by atoms with Crippen LogP contribution >= 0.6 is 0 Å². The zero-order chi connectivity index (χ0) is 11.6. The molecule has 1 atom stereocenters. The van der Waals surface area contributed by atoms with Crippen LogP contribution in [0.5, 0.6) is 0 Å². The first-order valence-corrected chi connectivity index (χ1v) is 4.23. The molecule has 0 spiro atoms. The van der Waals surface area contributed by atoms with Gasteiger partial charge in [0, 0.05) is 0 Å². The highest BCUT2D eigenvalue weighted by molar-refractivity contribution is 5.97. The Morgan fingerprint density at radius 2 is 2.07 bits per heavy atom. The van der Waals surface area contributed by atoms with Gasteiger partial charge in [-0.05, 0) is 19.1 Å². The van der Waals surface area contributed by atoms with Gasteiger partial charge in [-0.3, -0.25) is 4.79 Å². The Bertz CT molecular complexity index is 393. The summed E-state index contributed by atoms with van der Waals surface area (Å²) in [5.74, 6) is -2.90. The highest BCUT2D eigenvalue weighted by atomic mass is 19.2. The van der Waals surface area contributed by atoms with Crippen LogP contribution in [-0.2, 0) is 4.79 Å². The topological polar surface area (TPSA) is 81.1 Å². The first-order valence-electron chi connectivity index (χ1n) is 4.23. The summed E-state index contributed by atoms with van der Waals surface area (Å²) in [4.78, 5) is 11.1. The average molecular weight is 215 g/mol. The lowest BCUT2D eigenvalue weighted by Gasteiger charge is -2.11. The Morgan fingerprint density at radius 1 is 1.47 bits per heavy atom. The summed E-state index contributed by atoms with van der Waals surface area (Å²) in [7, 11) is 0. The Labute approximate surface area is 85.2 Å². The molecule has 0 saturated heterocycles. The van der Waals surface area contributed by atoms with Gasteiger partial charge in [-0.25, -0.2) is 8.78 Å². The zero-order valence-electron chi connectivity index (χ0n) is 8.05. The highest BCUT2D eigenvalue weighted by Crippen LogP contribution is 2.24. The van der Waals surface area contributed by atoms with E-state index in [1.807, 2.05) is 0 Å². The lowest BCUT2D eigenvalue weighted by atomic mass is 10.2. The number of benzene rings is 1. The molecule has 1 aromatic carbocycles. The molecular formula is C9H11F2N3O. The molecule has 0 aliphatic rings. The van der Waals surface area contributed by atoms with Gasteiger partial charge in [-0.2, -0.15) is 0 Å². The monoisotopic (exact) mass is 215 g/mol. The van der Waals surface area contributed by atoms with Gasteiger partial charge in [-0.1, -0.05) is 0 Å². The van der Waals surface area contributed by atoms with Crippen LogP contribution < -0.4 is 16.8 Å². The van der Waals surface area contributed by atoms with Crippen molar-refractivity contribution in [1.29, 1.82) is 0 Å². The second-order valence-electron chi connectivity index (χ2n) is 3.10. The molecule has 82 valence electrons. The Morgan fingerprint density at radius 3 is 2.60 bits per heavy atom. The van der Waals surface area contributed by atoms with Crippen molar-refractivity contribution in [3.05, 3.63) is 23.8 Å². The minimum absolute atomic E-state index is 0.0529. The molecule has 0 radical (unpaired) electrons. The molecule has 1 unspecified atom stereocenters. The minimum atomic E-state index is -1.19. The number of nitrogen functional groups attached to an aromatic ring is 1. The maximum atomic E-state index is 13.2. The average Bonchev–Trinajstić information content (AvgIpc) is 2.18. The van der Waals surface area contributed by atoms with Crippen molar-refractivity contribution in [2.45, 2.75) is 13.0 Å². The van der Waals surface area contributed by atoms with E-state index in [2.05, 4.69) is 5.32 Å². The van der Waals surface area contributed by atoms with Gasteiger partial charge in [0.25, 0.3) is 0 Å². The molecule has 0 bridgehead atoms. The number of rotatable bonds is 2. The van der Waals surface area contributed by atoms with Crippen LogP contribution in [0.3, 0.4) is 0 Å². The third kappa shape index (κ3) is 2.41. The largest absolute Gasteiger partial charge is 0.397 e. The predicted octanol–water partition coefficient (Wildman–Crippen LogP) is 0.833. The van der Waals surface area contributed by atoms with Crippen LogP contribution in [0, 0.1) is 11.6 Å². The van der Waals surface area contributed by atoms with E-state index in [1.165, 1.54) is 6.92 Å². The fourth-order valence-electron chi connectivity index (χ4n) is 0.930. The summed E-state index contributed by atoms with van der Waals surface area (Å²) in [5, 5.41) is 2.11. The van der Waals surface area contributed by atoms with Crippen LogP contribution in [0.15, 0.2) is 12.1 Å². The number of carbonyl (C=O) groups is 1. The first-order chi connectivity index (χ1) is 6.93. The van der Waals surface area contributed by atoms with E-state index in [9.17, 15) is 13.6 Å². The van der Waals surface area contributed by atoms with E-state index >= 15 is 0 Å². The summed E-state index contributed by atoms with van der Waals surface area (Å²) in [6.07, 6.45) is 0. The van der Waals surface area contributed by atoms with Crippen LogP contribution in [0.2, 0.25) is 0 Å². The van der Waals surface area contributed by atoms with Crippen LogP contribution in [-0.4, -0.2) is 11.9 Å². The third-order valence-corrected chi connectivity index (χ3v) is 1.79. The fourth-order valence-corrected chi connectivity index (χ4v) is 0.930. The highest BCUT2D eigenvalue weighted by Gasteiger charge is 2.16. The first kappa shape index (κ1) is 11.4. The van der Waals surface area contributed by atoms with E-state index in [0.717, 1.165) is 12.1 Å². The third-order valence-electron chi connectivity index (χ3n) is 1.79. The second kappa shape index (κ2) is 4.22. The molecule has 0 aliphatic heterocycles. The Hall–Kier alpha value is -1.69. The quantitative estimate of drug-likeness (QED) is 0.639. The smallest absolute Gasteiger partial charge is 0.241 e. The van der Waals surface area contributed by atoms with Crippen molar-refractivity contribution in [1.82, 2.24) is 0 Å². The predicted molar refractivity (Wildman–Crippen MR) is 53.0 cm³/mol. The molecular weight excluding hydrogens is 204 g/mol. The number of carbonyl (C=O) groups excluding carboxylic acids is 1. The number of amides is 1. The number of nitrogens with two attached hydrogens (primary N) is 2. The van der Waals surface area contributed by atoms with Crippen LogP contribution in [0.25, 0.3) is 0 Å². The normalized spacial score (nSPS) is 12.3. The Balaban J connectivity index is 3.04. The molecule has 5 N–H and O–H groups in total. The molecule has 1 aromatic rings. The van der Waals surface area contributed by atoms with Crippen molar-refractivity contribution < 1.29 is 13.6 Å². The maximum Gasteiger partial charge on any atom is 0.241 e. The fraction of sp³-hybridized carbons (Fsp3) is 0.222. The van der Waals surface area contributed by atoms with Crippen LogP contribution in [0.1, 0.15) is 6.92 Å². The summed E-state index contributed by atoms with van der Waals surface area (Å²) < 4.78 is 26.0. The van der Waals surface area contributed by atoms with E-state index < -0.39 is 23.6 Å². The molecule has 0 fully saturated rings. The zero-order valence-corrected chi connectivity index (χ0v) is 8.05. The lowest BCUT2D eigenvalue weighted by molar-refractivity contribution is -0.117. The Kier molecular flexibility index (Phi) is 3.21. The molecule has 0 aliphatic carbocycles. The number of halogens is 2. The summed E-state index contributed by atoms with van der Waals surface area (Å²) in [6, 6.07) is 1.22. The van der Waals surface area contributed by atoms with Crippen molar-refractivity contribution in [3.8, 4) is 0 Å². The molecule has 0 aromatic heterocycles. The molecule has 6 heteroatoms. The molecule has 4 nitrogen and oxygen atoms in total. The number of nitrogens with one attached hydrogen (secondary N) is 1. The molecule has 1 rings (SSSR count). The van der Waals surface area contributed by atoms with Crippen molar-refractivity contribution in [2.75, 3.05) is 11.1 Å². The van der Waals surface area contributed by atoms with E-state index in [1.54, 1.807) is 0 Å². The van der Waals surface area contributed by atoms with Crippen molar-refractivity contribution in [3.63, 3.8) is 0 Å². The van der Waals surface area contributed by atoms with E-state index in [-0.39, 0.29) is 11.4 Å². The summed E-state index contributed by atoms with van der Waals surface area (Å²) in [6.45, 7) is 1.42. The number of hydrogen-bond donors (Lipinski definition) is 3.